The van der Waals surface area contributed by atoms with Crippen LogP contribution in [0.15, 0.2) is 72.8 Å². The van der Waals surface area contributed by atoms with Gasteiger partial charge in [0.05, 0.1) is 11.1 Å². The molecule has 3 rings (SSSR count). The first-order valence-corrected chi connectivity index (χ1v) is 6.68. The molecular formula is C18H12F3FeNO. The summed E-state index contributed by atoms with van der Waals surface area (Å²) in [5, 5.41) is 8.83. The summed E-state index contributed by atoms with van der Waals surface area (Å²) in [5.41, 5.74) is -0.785. The van der Waals surface area contributed by atoms with Crippen molar-refractivity contribution in [1.82, 2.24) is 0 Å². The molecule has 6 heteroatoms. The first-order valence-electron chi connectivity index (χ1n) is 6.68. The molecule has 0 unspecified atom stereocenters. The van der Waals surface area contributed by atoms with E-state index >= 15 is 0 Å². The standard InChI is InChI=1S/C13H7F3NO.C5H5.Fe/c14-13(15,16)10-6-5-9(8-17)12(7-10)18-11-3-1-2-4-11;1-2-4-5-3-1;/h1-7H;1-5H;/q2*-1;+2. The molecule has 0 radical (unpaired) electrons. The Morgan fingerprint density at radius 3 is 2.17 bits per heavy atom. The predicted molar refractivity (Wildman–Crippen MR) is 80.3 cm³/mol. The van der Waals surface area contributed by atoms with E-state index in [-0.39, 0.29) is 28.4 Å². The Labute approximate surface area is 148 Å². The van der Waals surface area contributed by atoms with Crippen LogP contribution in [0.1, 0.15) is 11.1 Å². The molecule has 0 aliphatic rings. The zero-order valence-corrected chi connectivity index (χ0v) is 13.4. The zero-order valence-electron chi connectivity index (χ0n) is 12.3. The summed E-state index contributed by atoms with van der Waals surface area (Å²) in [6.07, 6.45) is -4.46. The summed E-state index contributed by atoms with van der Waals surface area (Å²) >= 11 is 0. The van der Waals surface area contributed by atoms with Crippen LogP contribution in [0.5, 0.6) is 11.5 Å². The molecule has 0 N–H and O–H groups in total. The Morgan fingerprint density at radius 2 is 1.71 bits per heavy atom. The fourth-order valence-electron chi connectivity index (χ4n) is 1.75. The molecule has 0 amide bonds. The molecule has 0 atom stereocenters. The van der Waals surface area contributed by atoms with Crippen molar-refractivity contribution < 1.29 is 35.0 Å². The monoisotopic (exact) mass is 371 g/mol. The number of nitriles is 1. The van der Waals surface area contributed by atoms with Crippen molar-refractivity contribution >= 4 is 0 Å². The molecular weight excluding hydrogens is 359 g/mol. The van der Waals surface area contributed by atoms with Gasteiger partial charge in [-0.15, -0.1) is 6.07 Å². The second-order valence-corrected chi connectivity index (χ2v) is 4.51. The number of rotatable bonds is 2. The van der Waals surface area contributed by atoms with E-state index in [0.29, 0.717) is 5.75 Å². The molecule has 0 bridgehead atoms. The Hall–Kier alpha value is -2.48. The summed E-state index contributed by atoms with van der Waals surface area (Å²) in [6, 6.07) is 21.2. The third kappa shape index (κ3) is 5.62. The van der Waals surface area contributed by atoms with Crippen molar-refractivity contribution in [3.05, 3.63) is 83.9 Å². The summed E-state index contributed by atoms with van der Waals surface area (Å²) in [6.45, 7) is 0. The van der Waals surface area contributed by atoms with Crippen molar-refractivity contribution in [1.29, 1.82) is 5.26 Å². The van der Waals surface area contributed by atoms with Crippen molar-refractivity contribution in [3.63, 3.8) is 0 Å². The van der Waals surface area contributed by atoms with E-state index in [0.717, 1.165) is 18.2 Å². The molecule has 2 nitrogen and oxygen atoms in total. The van der Waals surface area contributed by atoms with Gasteiger partial charge in [0.15, 0.2) is 0 Å². The fourth-order valence-corrected chi connectivity index (χ4v) is 1.75. The number of ether oxygens (including phenoxy) is 1. The maximum absolute atomic E-state index is 12.5. The largest absolute Gasteiger partial charge is 2.00 e. The van der Waals surface area contributed by atoms with E-state index in [2.05, 4.69) is 0 Å². The van der Waals surface area contributed by atoms with E-state index in [4.69, 9.17) is 10.00 Å². The van der Waals surface area contributed by atoms with Crippen molar-refractivity contribution in [3.8, 4) is 17.6 Å². The van der Waals surface area contributed by atoms with Gasteiger partial charge in [0.2, 0.25) is 0 Å². The molecule has 0 heterocycles. The molecule has 0 saturated heterocycles. The Kier molecular flexibility index (Phi) is 7.31. The maximum Gasteiger partial charge on any atom is 2.00 e. The van der Waals surface area contributed by atoms with Crippen molar-refractivity contribution in [2.24, 2.45) is 0 Å². The topological polar surface area (TPSA) is 33.0 Å². The Balaban J connectivity index is 0.000000412. The zero-order chi connectivity index (χ0) is 16.7. The summed E-state index contributed by atoms with van der Waals surface area (Å²) in [4.78, 5) is 0. The van der Waals surface area contributed by atoms with E-state index in [9.17, 15) is 13.2 Å². The molecule has 0 aromatic heterocycles. The van der Waals surface area contributed by atoms with Crippen LogP contribution in [0.3, 0.4) is 0 Å². The fraction of sp³-hybridized carbons (Fsp3) is 0.0556. The maximum atomic E-state index is 12.5. The van der Waals surface area contributed by atoms with E-state index in [1.54, 1.807) is 30.3 Å². The summed E-state index contributed by atoms with van der Waals surface area (Å²) in [5.74, 6) is 0.296. The van der Waals surface area contributed by atoms with Crippen LogP contribution in [-0.2, 0) is 23.2 Å². The quantitative estimate of drug-likeness (QED) is 0.441. The SMILES string of the molecule is N#Cc1ccc(C(F)(F)F)cc1Oc1cc[cH-]c1.[Fe+2].c1cc[cH-]c1. The third-order valence-corrected chi connectivity index (χ3v) is 2.84. The number of benzene rings is 1. The molecule has 0 aliphatic carbocycles. The smallest absolute Gasteiger partial charge is 0.527 e. The average Bonchev–Trinajstić information content (AvgIpc) is 3.22. The van der Waals surface area contributed by atoms with Gasteiger partial charge >= 0.3 is 23.2 Å². The number of halogens is 3. The third-order valence-electron chi connectivity index (χ3n) is 2.84. The number of nitrogens with zero attached hydrogens (tertiary/aromatic N) is 1. The van der Waals surface area contributed by atoms with Crippen molar-refractivity contribution in [2.45, 2.75) is 6.18 Å². The van der Waals surface area contributed by atoms with Gasteiger partial charge in [-0.3, -0.25) is 0 Å². The molecule has 0 spiro atoms. The minimum Gasteiger partial charge on any atom is -0.527 e. The van der Waals surface area contributed by atoms with Gasteiger partial charge in [-0.1, -0.05) is 0 Å². The molecule has 0 fully saturated rings. The molecule has 0 aliphatic heterocycles. The van der Waals surface area contributed by atoms with Gasteiger partial charge < -0.3 is 4.74 Å². The van der Waals surface area contributed by atoms with E-state index < -0.39 is 11.7 Å². The number of alkyl halides is 3. The first kappa shape index (κ1) is 19.6. The summed E-state index contributed by atoms with van der Waals surface area (Å²) < 4.78 is 42.9. The van der Waals surface area contributed by atoms with Gasteiger partial charge in [-0.25, -0.2) is 12.1 Å². The van der Waals surface area contributed by atoms with Gasteiger partial charge in [0, 0.05) is 0 Å². The van der Waals surface area contributed by atoms with Gasteiger partial charge in [-0.2, -0.15) is 54.8 Å². The van der Waals surface area contributed by atoms with Crippen LogP contribution in [0, 0.1) is 11.3 Å². The van der Waals surface area contributed by atoms with Crippen LogP contribution in [0.2, 0.25) is 0 Å². The normalized spacial score (nSPS) is 9.92. The number of hydrogen-bond donors (Lipinski definition) is 0. The van der Waals surface area contributed by atoms with Gasteiger partial charge in [0.25, 0.3) is 0 Å². The van der Waals surface area contributed by atoms with E-state index in [1.165, 1.54) is 0 Å². The summed E-state index contributed by atoms with van der Waals surface area (Å²) in [7, 11) is 0. The minimum atomic E-state index is -4.46. The predicted octanol–water partition coefficient (Wildman–Crippen LogP) is 5.49. The molecule has 0 saturated carbocycles. The molecule has 3 aromatic carbocycles. The average molecular weight is 371 g/mol. The Bertz CT molecular complexity index is 739. The molecule has 24 heavy (non-hydrogen) atoms. The van der Waals surface area contributed by atoms with Crippen LogP contribution in [0.4, 0.5) is 13.2 Å². The minimum absolute atomic E-state index is 0. The van der Waals surface area contributed by atoms with Crippen molar-refractivity contribution in [2.75, 3.05) is 0 Å². The molecule has 3 aromatic rings. The van der Waals surface area contributed by atoms with Crippen LogP contribution >= 0.6 is 0 Å². The second-order valence-electron chi connectivity index (χ2n) is 4.51. The van der Waals surface area contributed by atoms with Crippen LogP contribution in [0.25, 0.3) is 0 Å². The van der Waals surface area contributed by atoms with Gasteiger partial charge in [-0.05, 0) is 23.9 Å². The van der Waals surface area contributed by atoms with E-state index in [1.807, 2.05) is 30.3 Å². The second kappa shape index (κ2) is 8.97. The molecule has 124 valence electrons. The number of hydrogen-bond acceptors (Lipinski definition) is 2. The Morgan fingerprint density at radius 1 is 1.00 bits per heavy atom. The van der Waals surface area contributed by atoms with Gasteiger partial charge in [0.1, 0.15) is 11.8 Å². The van der Waals surface area contributed by atoms with Crippen LogP contribution < -0.4 is 4.74 Å². The van der Waals surface area contributed by atoms with Crippen LogP contribution in [-0.4, -0.2) is 0 Å². The first-order chi connectivity index (χ1) is 11.0.